The molecule has 9 nitrogen and oxygen atoms in total. The summed E-state index contributed by atoms with van der Waals surface area (Å²) in [5.74, 6) is 0.402. The fourth-order valence-electron chi connectivity index (χ4n) is 2.80. The number of nitrogens with zero attached hydrogens (tertiary/aromatic N) is 3. The molecule has 0 aliphatic heterocycles. The molecule has 0 saturated carbocycles. The number of hydrogen-bond acceptors (Lipinski definition) is 9. The summed E-state index contributed by atoms with van der Waals surface area (Å²) in [6, 6.07) is 9.51. The van der Waals surface area contributed by atoms with Crippen molar-refractivity contribution in [3.63, 3.8) is 0 Å². The Hall–Kier alpha value is -3.36. The Labute approximate surface area is 193 Å². The highest BCUT2D eigenvalue weighted by atomic mass is 32.2. The first kappa shape index (κ1) is 23.3. The minimum atomic E-state index is -0.512. The molecular formula is C21H21N5O4S2. The largest absolute Gasteiger partial charge is 0.493 e. The lowest BCUT2D eigenvalue weighted by Crippen LogP contribution is -2.14. The SMILES string of the molecule is CCOC(=O)c1sc(NC(=O)CSc2n[nH]c(-c3ccccc3OCC)n2)c(C#N)c1C. The average molecular weight is 472 g/mol. The van der Waals surface area contributed by atoms with Crippen LogP contribution in [0.25, 0.3) is 11.4 Å². The number of benzene rings is 1. The lowest BCUT2D eigenvalue weighted by atomic mass is 10.2. The maximum atomic E-state index is 12.4. The van der Waals surface area contributed by atoms with Crippen molar-refractivity contribution in [1.82, 2.24) is 15.2 Å². The van der Waals surface area contributed by atoms with E-state index in [1.807, 2.05) is 37.3 Å². The van der Waals surface area contributed by atoms with Crippen molar-refractivity contribution in [3.05, 3.63) is 40.3 Å². The maximum Gasteiger partial charge on any atom is 0.348 e. The highest BCUT2D eigenvalue weighted by Gasteiger charge is 2.22. The smallest absolute Gasteiger partial charge is 0.348 e. The minimum Gasteiger partial charge on any atom is -0.493 e. The summed E-state index contributed by atoms with van der Waals surface area (Å²) < 4.78 is 10.6. The van der Waals surface area contributed by atoms with E-state index in [4.69, 9.17) is 9.47 Å². The zero-order chi connectivity index (χ0) is 23.1. The zero-order valence-electron chi connectivity index (χ0n) is 17.7. The first-order chi connectivity index (χ1) is 15.5. The monoisotopic (exact) mass is 471 g/mol. The van der Waals surface area contributed by atoms with Gasteiger partial charge in [0.15, 0.2) is 5.82 Å². The van der Waals surface area contributed by atoms with Crippen LogP contribution in [0, 0.1) is 18.3 Å². The van der Waals surface area contributed by atoms with Crippen molar-refractivity contribution >= 4 is 40.0 Å². The van der Waals surface area contributed by atoms with Crippen LogP contribution in [0.1, 0.15) is 34.6 Å². The third-order valence-corrected chi connectivity index (χ3v) is 6.25. The van der Waals surface area contributed by atoms with Gasteiger partial charge in [-0.3, -0.25) is 9.89 Å². The molecule has 11 heteroatoms. The summed E-state index contributed by atoms with van der Waals surface area (Å²) in [7, 11) is 0. The topological polar surface area (TPSA) is 130 Å². The van der Waals surface area contributed by atoms with Crippen LogP contribution in [0.3, 0.4) is 0 Å². The number of thioether (sulfide) groups is 1. The van der Waals surface area contributed by atoms with E-state index < -0.39 is 5.97 Å². The number of carbonyl (C=O) groups is 2. The Morgan fingerprint density at radius 2 is 2.06 bits per heavy atom. The predicted octanol–water partition coefficient (Wildman–Crippen LogP) is 4.02. The van der Waals surface area contributed by atoms with Gasteiger partial charge in [0.1, 0.15) is 21.7 Å². The molecular weight excluding hydrogens is 450 g/mol. The van der Waals surface area contributed by atoms with Gasteiger partial charge in [0.25, 0.3) is 0 Å². The molecule has 1 amide bonds. The summed E-state index contributed by atoms with van der Waals surface area (Å²) in [5, 5.41) is 19.9. The highest BCUT2D eigenvalue weighted by molar-refractivity contribution is 7.99. The highest BCUT2D eigenvalue weighted by Crippen LogP contribution is 2.33. The Morgan fingerprint density at radius 1 is 1.28 bits per heavy atom. The molecule has 0 bridgehead atoms. The molecule has 1 aromatic carbocycles. The Morgan fingerprint density at radius 3 is 2.78 bits per heavy atom. The van der Waals surface area contributed by atoms with Crippen LogP contribution in [-0.4, -0.2) is 46.0 Å². The fourth-order valence-corrected chi connectivity index (χ4v) is 4.46. The van der Waals surface area contributed by atoms with Gasteiger partial charge in [-0.1, -0.05) is 23.9 Å². The van der Waals surface area contributed by atoms with Gasteiger partial charge in [-0.25, -0.2) is 9.78 Å². The standard InChI is InChI=1S/C21H21N5O4S2/c1-4-29-15-9-7-6-8-13(15)18-24-21(26-25-18)31-11-16(27)23-19-14(10-22)12(3)17(32-19)20(28)30-5-2/h6-9H,4-5,11H2,1-3H3,(H,23,27)(H,24,25,26). The third kappa shape index (κ3) is 5.27. The van der Waals surface area contributed by atoms with Crippen LogP contribution in [-0.2, 0) is 9.53 Å². The second-order valence-electron chi connectivity index (χ2n) is 6.33. The van der Waals surface area contributed by atoms with Gasteiger partial charge in [0, 0.05) is 0 Å². The normalized spacial score (nSPS) is 10.4. The first-order valence-corrected chi connectivity index (χ1v) is 11.6. The molecule has 2 N–H and O–H groups in total. The molecule has 0 aliphatic carbocycles. The fraction of sp³-hybridized carbons (Fsp3) is 0.286. The van der Waals surface area contributed by atoms with Crippen LogP contribution in [0.2, 0.25) is 0 Å². The number of esters is 1. The second-order valence-corrected chi connectivity index (χ2v) is 8.29. The van der Waals surface area contributed by atoms with E-state index in [2.05, 4.69) is 20.5 Å². The number of para-hydroxylation sites is 1. The van der Waals surface area contributed by atoms with E-state index >= 15 is 0 Å². The molecule has 0 spiro atoms. The Bertz CT molecular complexity index is 1170. The van der Waals surface area contributed by atoms with Crippen molar-refractivity contribution in [1.29, 1.82) is 5.26 Å². The summed E-state index contributed by atoms with van der Waals surface area (Å²) in [6.07, 6.45) is 0. The number of nitriles is 1. The van der Waals surface area contributed by atoms with E-state index in [1.54, 1.807) is 13.8 Å². The number of aromatic amines is 1. The van der Waals surface area contributed by atoms with Crippen LogP contribution < -0.4 is 10.1 Å². The summed E-state index contributed by atoms with van der Waals surface area (Å²) >= 11 is 2.17. The van der Waals surface area contributed by atoms with Crippen molar-refractivity contribution in [3.8, 4) is 23.2 Å². The maximum absolute atomic E-state index is 12.4. The third-order valence-electron chi connectivity index (χ3n) is 4.21. The number of H-pyrrole nitrogens is 1. The van der Waals surface area contributed by atoms with Gasteiger partial charge in [0.2, 0.25) is 11.1 Å². The quantitative estimate of drug-likeness (QED) is 0.353. The summed E-state index contributed by atoms with van der Waals surface area (Å²) in [4.78, 5) is 29.2. The summed E-state index contributed by atoms with van der Waals surface area (Å²) in [6.45, 7) is 6.01. The molecule has 0 radical (unpaired) electrons. The van der Waals surface area contributed by atoms with E-state index in [1.165, 1.54) is 0 Å². The van der Waals surface area contributed by atoms with Gasteiger partial charge in [-0.05, 0) is 38.5 Å². The second kappa shape index (κ2) is 10.8. The van der Waals surface area contributed by atoms with Crippen LogP contribution in [0.4, 0.5) is 5.00 Å². The van der Waals surface area contributed by atoms with Gasteiger partial charge in [-0.2, -0.15) is 5.26 Å². The molecule has 3 aromatic rings. The lowest BCUT2D eigenvalue weighted by molar-refractivity contribution is -0.113. The molecule has 2 aromatic heterocycles. The van der Waals surface area contributed by atoms with Crippen molar-refractivity contribution in [2.24, 2.45) is 0 Å². The van der Waals surface area contributed by atoms with Crippen LogP contribution in [0.15, 0.2) is 29.4 Å². The van der Waals surface area contributed by atoms with Crippen LogP contribution >= 0.6 is 23.1 Å². The van der Waals surface area contributed by atoms with E-state index in [9.17, 15) is 14.9 Å². The molecule has 0 fully saturated rings. The molecule has 2 heterocycles. The molecule has 32 heavy (non-hydrogen) atoms. The van der Waals surface area contributed by atoms with Crippen molar-refractivity contribution < 1.29 is 19.1 Å². The number of thiophene rings is 1. The first-order valence-electron chi connectivity index (χ1n) is 9.76. The van der Waals surface area contributed by atoms with E-state index in [0.717, 1.165) is 28.7 Å². The van der Waals surface area contributed by atoms with Crippen molar-refractivity contribution in [2.45, 2.75) is 25.9 Å². The van der Waals surface area contributed by atoms with E-state index in [0.29, 0.717) is 38.8 Å². The number of hydrogen-bond donors (Lipinski definition) is 2. The predicted molar refractivity (Wildman–Crippen MR) is 122 cm³/mol. The number of aromatic nitrogens is 3. The van der Waals surface area contributed by atoms with Crippen molar-refractivity contribution in [2.75, 3.05) is 24.3 Å². The molecule has 3 rings (SSSR count). The number of rotatable bonds is 9. The Balaban J connectivity index is 1.66. The van der Waals surface area contributed by atoms with Gasteiger partial charge in [0.05, 0.1) is 30.1 Å². The zero-order valence-corrected chi connectivity index (χ0v) is 19.4. The summed E-state index contributed by atoms with van der Waals surface area (Å²) in [5.41, 5.74) is 1.52. The van der Waals surface area contributed by atoms with Gasteiger partial charge >= 0.3 is 5.97 Å². The number of anilines is 1. The Kier molecular flexibility index (Phi) is 7.86. The number of carbonyl (C=O) groups excluding carboxylic acids is 2. The molecule has 0 unspecified atom stereocenters. The number of amides is 1. The molecule has 0 saturated heterocycles. The molecule has 0 atom stereocenters. The van der Waals surface area contributed by atoms with Crippen LogP contribution in [0.5, 0.6) is 5.75 Å². The minimum absolute atomic E-state index is 0.0287. The molecule has 0 aliphatic rings. The van der Waals surface area contributed by atoms with E-state index in [-0.39, 0.29) is 23.8 Å². The van der Waals surface area contributed by atoms with Gasteiger partial charge in [-0.15, -0.1) is 16.4 Å². The number of ether oxygens (including phenoxy) is 2. The molecule has 166 valence electrons. The lowest BCUT2D eigenvalue weighted by Gasteiger charge is -2.06. The van der Waals surface area contributed by atoms with Gasteiger partial charge < -0.3 is 14.8 Å². The average Bonchev–Trinajstić information content (AvgIpc) is 3.37. The number of nitrogens with one attached hydrogen (secondary N) is 2.